The number of nitrogens with zero attached hydrogens (tertiary/aromatic N) is 5. The van der Waals surface area contributed by atoms with E-state index in [0.717, 1.165) is 58.7 Å². The number of pyridine rings is 3. The predicted molar refractivity (Wildman–Crippen MR) is 105 cm³/mol. The van der Waals surface area contributed by atoms with Gasteiger partial charge in [-0.2, -0.15) is 5.10 Å². The second-order valence-corrected chi connectivity index (χ2v) is 6.83. The quantitative estimate of drug-likeness (QED) is 0.585. The summed E-state index contributed by atoms with van der Waals surface area (Å²) in [4.78, 5) is 15.5. The molecule has 5 heterocycles. The zero-order valence-corrected chi connectivity index (χ0v) is 14.7. The molecule has 4 aromatic rings. The molecular formula is C20H19N7. The molecule has 1 unspecified atom stereocenters. The highest BCUT2D eigenvalue weighted by molar-refractivity contribution is 5.94. The van der Waals surface area contributed by atoms with Gasteiger partial charge in [0.2, 0.25) is 0 Å². The molecule has 0 spiro atoms. The molecule has 1 fully saturated rings. The van der Waals surface area contributed by atoms with Crippen molar-refractivity contribution in [3.63, 3.8) is 0 Å². The average Bonchev–Trinajstić information content (AvgIpc) is 3.34. The van der Waals surface area contributed by atoms with Crippen molar-refractivity contribution in [2.75, 3.05) is 18.0 Å². The van der Waals surface area contributed by atoms with Gasteiger partial charge in [-0.1, -0.05) is 0 Å². The summed E-state index contributed by atoms with van der Waals surface area (Å²) in [6.07, 6.45) is 8.26. The van der Waals surface area contributed by atoms with E-state index in [1.54, 1.807) is 6.20 Å². The van der Waals surface area contributed by atoms with Crippen molar-refractivity contribution < 1.29 is 0 Å². The van der Waals surface area contributed by atoms with Crippen LogP contribution in [0.25, 0.3) is 33.4 Å². The molecule has 1 aliphatic rings. The van der Waals surface area contributed by atoms with Gasteiger partial charge >= 0.3 is 0 Å². The van der Waals surface area contributed by atoms with Gasteiger partial charge in [0.25, 0.3) is 0 Å². The van der Waals surface area contributed by atoms with Crippen LogP contribution in [-0.2, 0) is 0 Å². The molecular weight excluding hydrogens is 338 g/mol. The maximum Gasteiger partial charge on any atom is 0.128 e. The van der Waals surface area contributed by atoms with Gasteiger partial charge in [0, 0.05) is 54.2 Å². The van der Waals surface area contributed by atoms with Gasteiger partial charge in [-0.25, -0.2) is 4.98 Å². The summed E-state index contributed by atoms with van der Waals surface area (Å²) in [5.41, 5.74) is 10.6. The minimum atomic E-state index is 0.236. The van der Waals surface area contributed by atoms with Crippen LogP contribution in [0.3, 0.4) is 0 Å². The van der Waals surface area contributed by atoms with Crippen molar-refractivity contribution in [1.29, 1.82) is 0 Å². The number of aromatic amines is 1. The Kier molecular flexibility index (Phi) is 3.79. The zero-order valence-electron chi connectivity index (χ0n) is 14.7. The number of fused-ring (bicyclic) bond motifs is 1. The van der Waals surface area contributed by atoms with Gasteiger partial charge in [-0.3, -0.25) is 15.1 Å². The Hall–Kier alpha value is -3.32. The SMILES string of the molecule is NC1CCN(c2ccc(-c3n[nH]c4cnc(-c5cccnc5)cc34)cn2)C1. The van der Waals surface area contributed by atoms with Crippen molar-refractivity contribution >= 4 is 16.7 Å². The Bertz CT molecular complexity index is 1070. The molecule has 4 aromatic heterocycles. The van der Waals surface area contributed by atoms with Crippen LogP contribution < -0.4 is 10.6 Å². The molecule has 1 atom stereocenters. The molecule has 0 amide bonds. The maximum absolute atomic E-state index is 6.00. The number of H-pyrrole nitrogens is 1. The van der Waals surface area contributed by atoms with Gasteiger partial charge in [0.1, 0.15) is 11.5 Å². The van der Waals surface area contributed by atoms with Crippen molar-refractivity contribution in [1.82, 2.24) is 25.1 Å². The minimum absolute atomic E-state index is 0.236. The van der Waals surface area contributed by atoms with E-state index in [-0.39, 0.29) is 6.04 Å². The minimum Gasteiger partial charge on any atom is -0.355 e. The molecule has 134 valence electrons. The topological polar surface area (TPSA) is 96.6 Å². The lowest BCUT2D eigenvalue weighted by molar-refractivity contribution is 0.751. The molecule has 27 heavy (non-hydrogen) atoms. The second kappa shape index (κ2) is 6.44. The first kappa shape index (κ1) is 15.9. The lowest BCUT2D eigenvalue weighted by Crippen LogP contribution is -2.26. The molecule has 0 bridgehead atoms. The van der Waals surface area contributed by atoms with E-state index in [1.807, 2.05) is 42.9 Å². The highest BCUT2D eigenvalue weighted by atomic mass is 15.2. The first-order valence-corrected chi connectivity index (χ1v) is 8.99. The van der Waals surface area contributed by atoms with E-state index < -0.39 is 0 Å². The van der Waals surface area contributed by atoms with Crippen LogP contribution in [0.2, 0.25) is 0 Å². The average molecular weight is 357 g/mol. The third-order valence-corrected chi connectivity index (χ3v) is 4.97. The lowest BCUT2D eigenvalue weighted by Gasteiger charge is -2.16. The smallest absolute Gasteiger partial charge is 0.128 e. The van der Waals surface area contributed by atoms with Crippen LogP contribution in [-0.4, -0.2) is 44.3 Å². The highest BCUT2D eigenvalue weighted by Gasteiger charge is 2.20. The first-order chi connectivity index (χ1) is 13.3. The largest absolute Gasteiger partial charge is 0.355 e. The van der Waals surface area contributed by atoms with Crippen molar-refractivity contribution in [2.45, 2.75) is 12.5 Å². The summed E-state index contributed by atoms with van der Waals surface area (Å²) in [5.74, 6) is 0.962. The standard InChI is InChI=1S/C20H19N7/c21-15-5-7-27(12-15)19-4-3-14(10-24-19)20-16-8-17(13-2-1-6-22-9-13)23-11-18(16)25-26-20/h1-4,6,8-11,15H,5,7,12,21H2,(H,25,26). The van der Waals surface area contributed by atoms with E-state index in [9.17, 15) is 0 Å². The fourth-order valence-corrected chi connectivity index (χ4v) is 3.52. The van der Waals surface area contributed by atoms with Crippen LogP contribution in [0, 0.1) is 0 Å². The van der Waals surface area contributed by atoms with E-state index in [4.69, 9.17) is 5.73 Å². The van der Waals surface area contributed by atoms with E-state index in [0.29, 0.717) is 0 Å². The molecule has 3 N–H and O–H groups in total. The number of anilines is 1. The van der Waals surface area contributed by atoms with Crippen LogP contribution in [0.5, 0.6) is 0 Å². The summed E-state index contributed by atoms with van der Waals surface area (Å²) in [7, 11) is 0. The molecule has 0 radical (unpaired) electrons. The lowest BCUT2D eigenvalue weighted by atomic mass is 10.1. The number of nitrogens with two attached hydrogens (primary N) is 1. The summed E-state index contributed by atoms with van der Waals surface area (Å²) in [5, 5.41) is 8.56. The maximum atomic E-state index is 6.00. The van der Waals surface area contributed by atoms with Gasteiger partial charge in [0.05, 0.1) is 17.4 Å². The van der Waals surface area contributed by atoms with E-state index in [1.165, 1.54) is 0 Å². The number of nitrogens with one attached hydrogen (secondary N) is 1. The number of hydrogen-bond donors (Lipinski definition) is 2. The summed E-state index contributed by atoms with van der Waals surface area (Å²) >= 11 is 0. The van der Waals surface area contributed by atoms with Crippen molar-refractivity contribution in [3.05, 3.63) is 55.1 Å². The van der Waals surface area contributed by atoms with Gasteiger partial charge in [0.15, 0.2) is 0 Å². The van der Waals surface area contributed by atoms with E-state index in [2.05, 4.69) is 36.1 Å². The van der Waals surface area contributed by atoms with Crippen LogP contribution >= 0.6 is 0 Å². The fourth-order valence-electron chi connectivity index (χ4n) is 3.52. The predicted octanol–water partition coefficient (Wildman–Crippen LogP) is 2.62. The molecule has 7 heteroatoms. The summed E-state index contributed by atoms with van der Waals surface area (Å²) in [6.45, 7) is 1.82. The molecule has 1 aliphatic heterocycles. The summed E-state index contributed by atoms with van der Waals surface area (Å²) in [6, 6.07) is 10.3. The number of aromatic nitrogens is 5. The van der Waals surface area contributed by atoms with Gasteiger partial charge in [-0.15, -0.1) is 0 Å². The normalized spacial score (nSPS) is 16.9. The Morgan fingerprint density at radius 1 is 1.07 bits per heavy atom. The van der Waals surface area contributed by atoms with Crippen molar-refractivity contribution in [3.8, 4) is 22.5 Å². The molecule has 1 saturated heterocycles. The van der Waals surface area contributed by atoms with Crippen LogP contribution in [0.4, 0.5) is 5.82 Å². The van der Waals surface area contributed by atoms with E-state index >= 15 is 0 Å². The molecule has 5 rings (SSSR count). The summed E-state index contributed by atoms with van der Waals surface area (Å²) < 4.78 is 0. The third-order valence-electron chi connectivity index (χ3n) is 4.97. The number of hydrogen-bond acceptors (Lipinski definition) is 6. The van der Waals surface area contributed by atoms with Gasteiger partial charge < -0.3 is 10.6 Å². The molecule has 7 nitrogen and oxygen atoms in total. The third kappa shape index (κ3) is 2.92. The Morgan fingerprint density at radius 2 is 2.04 bits per heavy atom. The van der Waals surface area contributed by atoms with Crippen molar-refractivity contribution in [2.24, 2.45) is 5.73 Å². The zero-order chi connectivity index (χ0) is 18.2. The second-order valence-electron chi connectivity index (χ2n) is 6.83. The molecule has 0 aliphatic carbocycles. The van der Waals surface area contributed by atoms with Crippen LogP contribution in [0.1, 0.15) is 6.42 Å². The first-order valence-electron chi connectivity index (χ1n) is 8.99. The monoisotopic (exact) mass is 357 g/mol. The Morgan fingerprint density at radius 3 is 2.78 bits per heavy atom. The fraction of sp³-hybridized carbons (Fsp3) is 0.200. The van der Waals surface area contributed by atoms with Crippen LogP contribution in [0.15, 0.2) is 55.1 Å². The Balaban J connectivity index is 1.51. The highest BCUT2D eigenvalue weighted by Crippen LogP contribution is 2.29. The Labute approximate surface area is 156 Å². The molecule has 0 aromatic carbocycles. The number of rotatable bonds is 3. The molecule has 0 saturated carbocycles. The van der Waals surface area contributed by atoms with Gasteiger partial charge in [-0.05, 0) is 36.8 Å².